The Kier molecular flexibility index (Phi) is 6.73. The largest absolute Gasteiger partial charge is 0.355 e. The molecule has 7 aromatic rings. The van der Waals surface area contributed by atoms with E-state index in [1.54, 1.807) is 36.4 Å². The highest BCUT2D eigenvalue weighted by Crippen LogP contribution is 2.53. The average Bonchev–Trinajstić information content (AvgIpc) is 3.05. The summed E-state index contributed by atoms with van der Waals surface area (Å²) in [6, 6.07) is 30.9. The highest BCUT2D eigenvalue weighted by molar-refractivity contribution is 6.30. The quantitative estimate of drug-likeness (QED) is 0.185. The number of halogens is 3. The Morgan fingerprint density at radius 1 is 0.638 bits per heavy atom. The van der Waals surface area contributed by atoms with Gasteiger partial charge in [0, 0.05) is 38.9 Å². The zero-order valence-electron chi connectivity index (χ0n) is 26.9. The molecule has 8 rings (SSSR count). The molecule has 0 saturated carbocycles. The highest BCUT2D eigenvalue weighted by atomic mass is 19.1. The summed E-state index contributed by atoms with van der Waals surface area (Å²) in [5.74, 6) is -0.688. The van der Waals surface area contributed by atoms with Crippen molar-refractivity contribution in [2.45, 2.75) is 51.9 Å². The second-order valence-corrected chi connectivity index (χ2v) is 13.8. The predicted octanol–water partition coefficient (Wildman–Crippen LogP) is 12.6. The molecule has 234 valence electrons. The minimum absolute atomic E-state index is 0.0732. The van der Waals surface area contributed by atoms with Crippen LogP contribution in [0.5, 0.6) is 0 Å². The number of hydrogen-bond acceptors (Lipinski definition) is 2. The number of rotatable bonds is 6. The minimum atomic E-state index is -0.314. The summed E-state index contributed by atoms with van der Waals surface area (Å²) in [5, 5.41) is 10.7. The van der Waals surface area contributed by atoms with Crippen LogP contribution in [0.3, 0.4) is 0 Å². The Morgan fingerprint density at radius 2 is 1.21 bits per heavy atom. The zero-order valence-corrected chi connectivity index (χ0v) is 26.9. The lowest BCUT2D eigenvalue weighted by atomic mass is 9.70. The fraction of sp³-hybridized carbons (Fsp3) is 0.190. The molecular formula is C42H35F3N2. The van der Waals surface area contributed by atoms with Gasteiger partial charge in [0.05, 0.1) is 5.69 Å². The van der Waals surface area contributed by atoms with E-state index >= 15 is 0 Å². The third-order valence-electron chi connectivity index (χ3n) is 10.00. The van der Waals surface area contributed by atoms with E-state index in [2.05, 4.69) is 68.2 Å². The van der Waals surface area contributed by atoms with Gasteiger partial charge in [-0.3, -0.25) is 0 Å². The van der Waals surface area contributed by atoms with Crippen LogP contribution in [0, 0.1) is 17.5 Å². The monoisotopic (exact) mass is 624 g/mol. The standard InChI is InChI=1S/C42H35F3N2/c1-24(2)34-23-38(47(30-13-7-27(44)8-14-30)31-15-9-28(45)10-16-31)35-22-36-39-25(19-20-42(36,3)4)21-37(46-29-11-5-26(43)6-12-29)33-18-17-32(34)40(35)41(33)39/h5-18,21-24,46H,19-20H2,1-4H3. The van der Waals surface area contributed by atoms with Crippen LogP contribution < -0.4 is 10.2 Å². The number of aryl methyl sites for hydroxylation is 1. The maximum absolute atomic E-state index is 14.3. The Hall–Kier alpha value is -5.03. The number of anilines is 5. The Labute approximate surface area is 272 Å². The molecule has 7 aromatic carbocycles. The zero-order chi connectivity index (χ0) is 32.6. The molecule has 1 N–H and O–H groups in total. The maximum atomic E-state index is 14.3. The van der Waals surface area contributed by atoms with Gasteiger partial charge in [-0.1, -0.05) is 39.8 Å². The van der Waals surface area contributed by atoms with Crippen LogP contribution >= 0.6 is 0 Å². The van der Waals surface area contributed by atoms with Gasteiger partial charge in [0.2, 0.25) is 0 Å². The smallest absolute Gasteiger partial charge is 0.123 e. The second kappa shape index (κ2) is 10.8. The summed E-state index contributed by atoms with van der Waals surface area (Å²) in [6.07, 6.45) is 1.95. The average molecular weight is 625 g/mol. The van der Waals surface area contributed by atoms with E-state index in [0.717, 1.165) is 52.1 Å². The molecule has 0 aromatic heterocycles. The van der Waals surface area contributed by atoms with Crippen molar-refractivity contribution in [1.82, 2.24) is 0 Å². The second-order valence-electron chi connectivity index (χ2n) is 13.8. The lowest BCUT2D eigenvalue weighted by Crippen LogP contribution is -2.23. The molecule has 5 heteroatoms. The van der Waals surface area contributed by atoms with Gasteiger partial charge in [0.1, 0.15) is 17.5 Å². The third kappa shape index (κ3) is 4.79. The first-order valence-corrected chi connectivity index (χ1v) is 16.2. The number of hydrogen-bond donors (Lipinski definition) is 1. The fourth-order valence-electron chi connectivity index (χ4n) is 7.57. The van der Waals surface area contributed by atoms with E-state index in [1.165, 1.54) is 74.6 Å². The lowest BCUT2D eigenvalue weighted by Gasteiger charge is -2.36. The van der Waals surface area contributed by atoms with Gasteiger partial charge in [-0.25, -0.2) is 13.2 Å². The molecule has 0 amide bonds. The first-order valence-electron chi connectivity index (χ1n) is 16.2. The first kappa shape index (κ1) is 29.4. The van der Waals surface area contributed by atoms with Gasteiger partial charge in [-0.15, -0.1) is 0 Å². The van der Waals surface area contributed by atoms with Gasteiger partial charge in [0.15, 0.2) is 0 Å². The third-order valence-corrected chi connectivity index (χ3v) is 10.00. The summed E-state index contributed by atoms with van der Waals surface area (Å²) in [6.45, 7) is 9.06. The summed E-state index contributed by atoms with van der Waals surface area (Å²) >= 11 is 0. The van der Waals surface area contributed by atoms with Gasteiger partial charge < -0.3 is 10.2 Å². The number of benzene rings is 7. The van der Waals surface area contributed by atoms with Crippen molar-refractivity contribution in [2.75, 3.05) is 10.2 Å². The molecule has 0 spiro atoms. The normalized spacial score (nSPS) is 14.0. The number of nitrogens with one attached hydrogen (secondary N) is 1. The van der Waals surface area contributed by atoms with Crippen molar-refractivity contribution in [1.29, 1.82) is 0 Å². The topological polar surface area (TPSA) is 15.3 Å². The molecule has 0 bridgehead atoms. The Bertz CT molecular complexity index is 2240. The molecule has 0 atom stereocenters. The van der Waals surface area contributed by atoms with Crippen molar-refractivity contribution in [3.63, 3.8) is 0 Å². The SMILES string of the molecule is CC(C)c1cc(N(c2ccc(F)cc2)c2ccc(F)cc2)c2cc3c4c(cc(Nc5ccc(F)cc5)c5ccc1c2c54)CCC3(C)C. The minimum Gasteiger partial charge on any atom is -0.355 e. The van der Waals surface area contributed by atoms with Crippen molar-refractivity contribution < 1.29 is 13.2 Å². The molecule has 1 aliphatic rings. The van der Waals surface area contributed by atoms with Crippen LogP contribution in [0.4, 0.5) is 41.6 Å². The van der Waals surface area contributed by atoms with Gasteiger partial charge in [-0.05, 0) is 148 Å². The fourth-order valence-corrected chi connectivity index (χ4v) is 7.57. The van der Waals surface area contributed by atoms with E-state index in [-0.39, 0.29) is 28.8 Å². The van der Waals surface area contributed by atoms with E-state index in [0.29, 0.717) is 0 Å². The predicted molar refractivity (Wildman–Crippen MR) is 190 cm³/mol. The van der Waals surface area contributed by atoms with Crippen molar-refractivity contribution in [3.05, 3.63) is 137 Å². The molecular weight excluding hydrogens is 589 g/mol. The van der Waals surface area contributed by atoms with E-state index < -0.39 is 0 Å². The van der Waals surface area contributed by atoms with Crippen LogP contribution in [0.15, 0.2) is 103 Å². The highest BCUT2D eigenvalue weighted by Gasteiger charge is 2.33. The van der Waals surface area contributed by atoms with Gasteiger partial charge in [0.25, 0.3) is 0 Å². The molecule has 0 saturated heterocycles. The molecule has 0 radical (unpaired) electrons. The molecule has 0 unspecified atom stereocenters. The van der Waals surface area contributed by atoms with E-state index in [9.17, 15) is 13.2 Å². The van der Waals surface area contributed by atoms with Gasteiger partial charge >= 0.3 is 0 Å². The maximum Gasteiger partial charge on any atom is 0.123 e. The van der Waals surface area contributed by atoms with Crippen LogP contribution in [0.2, 0.25) is 0 Å². The summed E-state index contributed by atoms with van der Waals surface area (Å²) in [7, 11) is 0. The molecule has 1 aliphatic carbocycles. The first-order chi connectivity index (χ1) is 22.6. The van der Waals surface area contributed by atoms with Crippen LogP contribution in [0.1, 0.15) is 56.7 Å². The van der Waals surface area contributed by atoms with Crippen molar-refractivity contribution in [2.24, 2.45) is 0 Å². The lowest BCUT2D eigenvalue weighted by molar-refractivity contribution is 0.475. The van der Waals surface area contributed by atoms with Crippen molar-refractivity contribution in [3.8, 4) is 0 Å². The van der Waals surface area contributed by atoms with Crippen LogP contribution in [0.25, 0.3) is 32.3 Å². The van der Waals surface area contributed by atoms with Crippen LogP contribution in [-0.4, -0.2) is 0 Å². The van der Waals surface area contributed by atoms with Gasteiger partial charge in [-0.2, -0.15) is 0 Å². The summed E-state index contributed by atoms with van der Waals surface area (Å²) in [5.41, 5.74) is 8.08. The molecule has 2 nitrogen and oxygen atoms in total. The summed E-state index contributed by atoms with van der Waals surface area (Å²) < 4.78 is 42.3. The Morgan fingerprint density at radius 3 is 1.81 bits per heavy atom. The number of nitrogens with zero attached hydrogens (tertiary/aromatic N) is 1. The molecule has 0 heterocycles. The molecule has 47 heavy (non-hydrogen) atoms. The van der Waals surface area contributed by atoms with Crippen molar-refractivity contribution >= 4 is 60.8 Å². The van der Waals surface area contributed by atoms with E-state index in [4.69, 9.17) is 0 Å². The molecule has 0 fully saturated rings. The molecule has 0 aliphatic heterocycles. The Balaban J connectivity index is 1.52. The summed E-state index contributed by atoms with van der Waals surface area (Å²) in [4.78, 5) is 2.12. The van der Waals surface area contributed by atoms with E-state index in [1.807, 2.05) is 0 Å². The van der Waals surface area contributed by atoms with Crippen LogP contribution in [-0.2, 0) is 11.8 Å².